The van der Waals surface area contributed by atoms with Crippen molar-refractivity contribution in [3.63, 3.8) is 0 Å². The quantitative estimate of drug-likeness (QED) is 0.0146. The zero-order valence-electron chi connectivity index (χ0n) is 85.4. The van der Waals surface area contributed by atoms with Gasteiger partial charge in [-0.05, 0) is 154 Å². The van der Waals surface area contributed by atoms with E-state index in [1.54, 1.807) is 0 Å². The molecule has 768 valence electrons. The van der Waals surface area contributed by atoms with Gasteiger partial charge in [0.05, 0.1) is 26.4 Å². The van der Waals surface area contributed by atoms with Crippen LogP contribution in [-0.4, -0.2) is 95.9 Å². The minimum atomic E-state index is -4.95. The molecule has 0 aliphatic rings. The van der Waals surface area contributed by atoms with Crippen molar-refractivity contribution in [2.45, 2.75) is 514 Å². The van der Waals surface area contributed by atoms with Crippen LogP contribution in [0.5, 0.6) is 0 Å². The lowest BCUT2D eigenvalue weighted by molar-refractivity contribution is -0.161. The fourth-order valence-corrected chi connectivity index (χ4v) is 17.0. The molecule has 0 aromatic carbocycles. The van der Waals surface area contributed by atoms with E-state index in [2.05, 4.69) is 179 Å². The van der Waals surface area contributed by atoms with Crippen molar-refractivity contribution < 1.29 is 75.8 Å². The Hall–Kier alpha value is -4.83. The Morgan fingerprint density at radius 1 is 0.218 bits per heavy atom. The van der Waals surface area contributed by atoms with Crippen molar-refractivity contribution in [2.24, 2.45) is 0 Å². The highest BCUT2D eigenvalue weighted by Crippen LogP contribution is 2.45. The Labute approximate surface area is 816 Å². The van der Waals surface area contributed by atoms with Crippen molar-refractivity contribution in [1.82, 2.24) is 0 Å². The number of aliphatic hydroxyl groups excluding tert-OH is 2. The SMILES string of the molecule is CC/C=C\C/C=C\C/C=C\C/C=C\C/C=C\CCCCCCCCCCCCCCCCCCCCCC(=O)OCC(O)COP(=O)(O)OCC(O)COP(=O)(O)OCC(COC(=O)CCCCCCCCCCCCCCCCCCCCC/C=C\C/C=C\C/C=C\C/C=C\CCCCC)OC(=O)CCCCCCCCCCCCC/C=C\C/C=C\C/C=C\C/C=C\CCCCC. The molecule has 0 aliphatic carbocycles. The van der Waals surface area contributed by atoms with E-state index in [0.29, 0.717) is 19.3 Å². The number of phosphoric ester groups is 2. The Morgan fingerprint density at radius 3 is 0.632 bits per heavy atom. The molecule has 0 amide bonds. The molecule has 0 aromatic rings. The molecule has 133 heavy (non-hydrogen) atoms. The van der Waals surface area contributed by atoms with Crippen molar-refractivity contribution in [1.29, 1.82) is 0 Å². The van der Waals surface area contributed by atoms with E-state index in [0.717, 1.165) is 141 Å². The summed E-state index contributed by atoms with van der Waals surface area (Å²) in [6, 6.07) is 0. The Morgan fingerprint density at radius 2 is 0.398 bits per heavy atom. The maximum absolute atomic E-state index is 13.1. The molecule has 0 saturated carbocycles. The summed E-state index contributed by atoms with van der Waals surface area (Å²) in [6.07, 6.45) is 139. The lowest BCUT2D eigenvalue weighted by atomic mass is 10.0. The minimum absolute atomic E-state index is 0.101. The molecule has 5 atom stereocenters. The Balaban J connectivity index is 4.56. The number of carbonyl (C=O) groups is 3. The first-order valence-corrected chi connectivity index (χ1v) is 57.8. The van der Waals surface area contributed by atoms with Gasteiger partial charge in [0, 0.05) is 19.3 Å². The topological polar surface area (TPSA) is 231 Å². The lowest BCUT2D eigenvalue weighted by Crippen LogP contribution is -2.30. The standard InChI is InChI=1S/C115H202O16P2/c1-4-7-10-13-16-19-22-25-28-31-34-37-40-43-46-48-50-52-54-56-58-60-63-65-68-71-74-77-80-83-86-89-92-95-98-101-113(118)125-104-110(116)105-127-132(121,122)128-106-111(117)107-129-133(123,124)130-109-112(131-115(120)103-100-97-94-91-88-85-82-79-76-73-70-67-62-45-42-39-36-33-30-27-24-21-18-15-12-9-6-3)108-126-114(119)102-99-96-93-90-87-84-81-78-75-72-69-66-64-61-59-57-55-53-51-49-47-44-41-38-35-32-29-26-23-20-17-14-11-8-5-2/h7,10,16-21,25-30,34-39,43-47,62,110-112,116-117H,4-6,8-9,11-15,22-24,31-33,40-42,48-61,63-109H2,1-3H3,(H,121,122)(H,123,124)/b10-7-,19-16-,20-17-,21-18-,28-25-,29-26-,30-27-,37-34-,38-35-,39-36-,46-43-,47-44-,62-45-. The molecule has 18 heteroatoms. The molecule has 0 spiro atoms. The van der Waals surface area contributed by atoms with Gasteiger partial charge in [-0.15, -0.1) is 0 Å². The van der Waals surface area contributed by atoms with Crippen LogP contribution in [-0.2, 0) is 55.8 Å². The summed E-state index contributed by atoms with van der Waals surface area (Å²) < 4.78 is 61.8. The smallest absolute Gasteiger partial charge is 0.463 e. The first-order chi connectivity index (χ1) is 65.2. The molecule has 0 heterocycles. The van der Waals surface area contributed by atoms with Gasteiger partial charge in [0.1, 0.15) is 25.4 Å². The maximum atomic E-state index is 13.1. The number of unbranched alkanes of at least 4 members (excludes halogenated alkanes) is 55. The molecule has 0 fully saturated rings. The van der Waals surface area contributed by atoms with Crippen LogP contribution in [0.15, 0.2) is 158 Å². The molecule has 0 aliphatic heterocycles. The third-order valence-electron chi connectivity index (χ3n) is 23.7. The van der Waals surface area contributed by atoms with Gasteiger partial charge in [0.15, 0.2) is 6.10 Å². The third kappa shape index (κ3) is 107. The van der Waals surface area contributed by atoms with Crippen LogP contribution in [0.3, 0.4) is 0 Å². The molecule has 0 saturated heterocycles. The number of allylic oxidation sites excluding steroid dienone is 26. The van der Waals surface area contributed by atoms with Crippen LogP contribution in [0.2, 0.25) is 0 Å². The predicted molar refractivity (Wildman–Crippen MR) is 565 cm³/mol. The van der Waals surface area contributed by atoms with E-state index in [4.69, 9.17) is 32.3 Å². The van der Waals surface area contributed by atoms with Crippen LogP contribution < -0.4 is 0 Å². The molecule has 0 bridgehead atoms. The van der Waals surface area contributed by atoms with Gasteiger partial charge in [-0.1, -0.05) is 481 Å². The lowest BCUT2D eigenvalue weighted by Gasteiger charge is -2.21. The second kappa shape index (κ2) is 106. The van der Waals surface area contributed by atoms with E-state index in [9.17, 15) is 43.5 Å². The third-order valence-corrected chi connectivity index (χ3v) is 25.6. The molecular weight excluding hydrogens is 1700 g/mol. The van der Waals surface area contributed by atoms with Gasteiger partial charge >= 0.3 is 33.6 Å². The fourth-order valence-electron chi connectivity index (χ4n) is 15.5. The highest BCUT2D eigenvalue weighted by atomic mass is 31.2. The van der Waals surface area contributed by atoms with Crippen LogP contribution in [0.25, 0.3) is 0 Å². The van der Waals surface area contributed by atoms with Gasteiger partial charge in [-0.25, -0.2) is 9.13 Å². The zero-order valence-corrected chi connectivity index (χ0v) is 87.2. The van der Waals surface area contributed by atoms with E-state index >= 15 is 0 Å². The first-order valence-electron chi connectivity index (χ1n) is 54.8. The number of rotatable bonds is 104. The summed E-state index contributed by atoms with van der Waals surface area (Å²) in [7, 11) is -9.82. The number of aliphatic hydroxyl groups is 2. The number of phosphoric acid groups is 2. The van der Waals surface area contributed by atoms with Crippen LogP contribution in [0.4, 0.5) is 0 Å². The molecular formula is C115H202O16P2. The Bertz CT molecular complexity index is 3050. The van der Waals surface area contributed by atoms with Gasteiger partial charge in [0.2, 0.25) is 0 Å². The summed E-state index contributed by atoms with van der Waals surface area (Å²) in [5, 5.41) is 20.8. The van der Waals surface area contributed by atoms with Gasteiger partial charge < -0.3 is 34.2 Å². The van der Waals surface area contributed by atoms with Gasteiger partial charge in [-0.2, -0.15) is 0 Å². The van der Waals surface area contributed by atoms with E-state index in [-0.39, 0.29) is 19.3 Å². The second-order valence-corrected chi connectivity index (χ2v) is 39.6. The van der Waals surface area contributed by atoms with Gasteiger partial charge in [-0.3, -0.25) is 32.5 Å². The number of carbonyl (C=O) groups excluding carboxylic acids is 3. The van der Waals surface area contributed by atoms with Crippen molar-refractivity contribution in [2.75, 3.05) is 39.6 Å². The summed E-state index contributed by atoms with van der Waals surface area (Å²) in [6.45, 7) is 2.61. The summed E-state index contributed by atoms with van der Waals surface area (Å²) in [4.78, 5) is 59.3. The van der Waals surface area contributed by atoms with Crippen molar-refractivity contribution in [3.05, 3.63) is 158 Å². The summed E-state index contributed by atoms with van der Waals surface area (Å²) in [5.74, 6) is -1.55. The molecule has 0 radical (unpaired) electrons. The van der Waals surface area contributed by atoms with E-state index < -0.39 is 91.5 Å². The summed E-state index contributed by atoms with van der Waals surface area (Å²) in [5.41, 5.74) is 0. The monoisotopic (exact) mass is 1900 g/mol. The molecule has 0 aromatic heterocycles. The number of ether oxygens (including phenoxy) is 3. The van der Waals surface area contributed by atoms with Crippen molar-refractivity contribution in [3.8, 4) is 0 Å². The normalized spacial score (nSPS) is 14.2. The average molecular weight is 1900 g/mol. The highest BCUT2D eigenvalue weighted by molar-refractivity contribution is 7.47. The molecule has 5 unspecified atom stereocenters. The van der Waals surface area contributed by atoms with Crippen LogP contribution in [0, 0.1) is 0 Å². The highest BCUT2D eigenvalue weighted by Gasteiger charge is 2.30. The maximum Gasteiger partial charge on any atom is 0.472 e. The summed E-state index contributed by atoms with van der Waals surface area (Å²) >= 11 is 0. The fraction of sp³-hybridized carbons (Fsp3) is 0.748. The minimum Gasteiger partial charge on any atom is -0.463 e. The number of hydrogen-bond acceptors (Lipinski definition) is 14. The number of esters is 3. The second-order valence-electron chi connectivity index (χ2n) is 36.7. The van der Waals surface area contributed by atoms with Crippen molar-refractivity contribution >= 4 is 33.6 Å². The largest absolute Gasteiger partial charge is 0.472 e. The predicted octanol–water partition coefficient (Wildman–Crippen LogP) is 35.1. The molecule has 4 N–H and O–H groups in total. The van der Waals surface area contributed by atoms with Crippen LogP contribution in [0.1, 0.15) is 496 Å². The van der Waals surface area contributed by atoms with E-state index in [1.165, 1.54) is 295 Å². The molecule has 0 rings (SSSR count). The molecule has 16 nitrogen and oxygen atoms in total. The average Bonchev–Trinajstić information content (AvgIpc) is 0.896. The number of hydrogen-bond donors (Lipinski definition) is 4. The van der Waals surface area contributed by atoms with Crippen LogP contribution >= 0.6 is 15.6 Å². The zero-order chi connectivity index (χ0) is 96.4. The van der Waals surface area contributed by atoms with E-state index in [1.807, 2.05) is 0 Å². The first kappa shape index (κ1) is 128. The Kier molecular flexibility index (Phi) is 102. The van der Waals surface area contributed by atoms with Gasteiger partial charge in [0.25, 0.3) is 0 Å².